The topological polar surface area (TPSA) is 214 Å². The zero-order valence-electron chi connectivity index (χ0n) is 19.4. The van der Waals surface area contributed by atoms with Crippen LogP contribution in [0.15, 0.2) is 0 Å². The third-order valence-corrected chi connectivity index (χ3v) is 5.75. The van der Waals surface area contributed by atoms with Crippen molar-refractivity contribution >= 4 is 23.7 Å². The van der Waals surface area contributed by atoms with Crippen molar-refractivity contribution in [3.8, 4) is 0 Å². The Hall–Kier alpha value is -2.28. The Morgan fingerprint density at radius 2 is 1.64 bits per heavy atom. The summed E-state index contributed by atoms with van der Waals surface area (Å²) in [7, 11) is 0. The predicted octanol–water partition coefficient (Wildman–Crippen LogP) is -2.00. The molecule has 1 saturated heterocycles. The van der Waals surface area contributed by atoms with Gasteiger partial charge in [0, 0.05) is 6.54 Å². The van der Waals surface area contributed by atoms with Crippen LogP contribution in [0.4, 0.5) is 0 Å². The highest BCUT2D eigenvalue weighted by Crippen LogP contribution is 2.20. The van der Waals surface area contributed by atoms with Crippen molar-refractivity contribution in [1.82, 2.24) is 15.5 Å². The number of nitrogens with two attached hydrogens (primary N) is 3. The highest BCUT2D eigenvalue weighted by atomic mass is 16.4. The van der Waals surface area contributed by atoms with Crippen molar-refractivity contribution in [3.63, 3.8) is 0 Å². The lowest BCUT2D eigenvalue weighted by Crippen LogP contribution is -2.59. The minimum Gasteiger partial charge on any atom is -0.480 e. The number of carboxylic acid groups (broad SMARTS) is 1. The maximum atomic E-state index is 13.1. The summed E-state index contributed by atoms with van der Waals surface area (Å²) in [6.07, 6.45) is 2.84. The average molecular weight is 473 g/mol. The van der Waals surface area contributed by atoms with Crippen LogP contribution in [0, 0.1) is 0 Å². The van der Waals surface area contributed by atoms with Gasteiger partial charge in [-0.25, -0.2) is 4.79 Å². The normalized spacial score (nSPS) is 19.4. The first-order valence-corrected chi connectivity index (χ1v) is 11.6. The third-order valence-electron chi connectivity index (χ3n) is 5.75. The van der Waals surface area contributed by atoms with Crippen LogP contribution in [-0.4, -0.2) is 88.7 Å². The summed E-state index contributed by atoms with van der Waals surface area (Å²) in [5, 5.41) is 24.5. The number of hydrogen-bond donors (Lipinski definition) is 7. The van der Waals surface area contributed by atoms with Crippen molar-refractivity contribution < 1.29 is 29.4 Å². The number of nitrogens with one attached hydrogen (secondary N) is 2. The minimum absolute atomic E-state index is 0.230. The number of unbranched alkanes of at least 4 members (excludes halogenated alkanes) is 2. The van der Waals surface area contributed by atoms with Crippen molar-refractivity contribution in [1.29, 1.82) is 0 Å². The van der Waals surface area contributed by atoms with Crippen LogP contribution >= 0.6 is 0 Å². The number of amides is 3. The SMILES string of the molecule is C[C@@H](O)[C@H](NC(=O)[C@@H](N)CCCCN)C(=O)N1CCC[C@H]1C(=O)N[C@@H](CCCCN)C(=O)O. The number of carbonyl (C=O) groups is 4. The molecule has 12 nitrogen and oxygen atoms in total. The fraction of sp³-hybridized carbons (Fsp3) is 0.810. The number of nitrogens with zero attached hydrogens (tertiary/aromatic N) is 1. The number of rotatable bonds is 15. The molecule has 33 heavy (non-hydrogen) atoms. The van der Waals surface area contributed by atoms with E-state index < -0.39 is 54.0 Å². The summed E-state index contributed by atoms with van der Waals surface area (Å²) in [6, 6.07) is -4.09. The minimum atomic E-state index is -1.27. The fourth-order valence-electron chi connectivity index (χ4n) is 3.79. The van der Waals surface area contributed by atoms with Gasteiger partial charge < -0.3 is 42.9 Å². The van der Waals surface area contributed by atoms with E-state index in [9.17, 15) is 29.4 Å². The molecule has 0 aliphatic carbocycles. The second-order valence-electron chi connectivity index (χ2n) is 8.49. The average Bonchev–Trinajstić information content (AvgIpc) is 3.26. The Bertz CT molecular complexity index is 661. The van der Waals surface area contributed by atoms with Gasteiger partial charge >= 0.3 is 5.97 Å². The van der Waals surface area contributed by atoms with Gasteiger partial charge in [-0.3, -0.25) is 14.4 Å². The third kappa shape index (κ3) is 9.24. The maximum absolute atomic E-state index is 13.1. The van der Waals surface area contributed by atoms with E-state index in [0.29, 0.717) is 58.0 Å². The highest BCUT2D eigenvalue weighted by molar-refractivity contribution is 5.94. The Morgan fingerprint density at radius 3 is 2.18 bits per heavy atom. The second-order valence-corrected chi connectivity index (χ2v) is 8.49. The van der Waals surface area contributed by atoms with Crippen LogP contribution in [-0.2, 0) is 19.2 Å². The molecule has 5 atom stereocenters. The standard InChI is InChI=1S/C21H40N6O6/c1-13(28)17(26-18(29)14(24)7-2-4-10-22)20(31)27-12-6-9-16(27)19(30)25-15(21(32)33)8-3-5-11-23/h13-17,28H,2-12,22-24H2,1H3,(H,25,30)(H,26,29)(H,32,33)/t13-,14+,15+,16+,17+/m1/s1. The Morgan fingerprint density at radius 1 is 1.03 bits per heavy atom. The molecule has 0 aromatic heterocycles. The van der Waals surface area contributed by atoms with Gasteiger partial charge in [-0.2, -0.15) is 0 Å². The Balaban J connectivity index is 2.82. The molecule has 0 aromatic rings. The molecule has 0 aromatic carbocycles. The Kier molecular flexibility index (Phi) is 12.9. The second kappa shape index (κ2) is 14.8. The summed E-state index contributed by atoms with van der Waals surface area (Å²) in [5.74, 6) is -2.92. The van der Waals surface area contributed by atoms with Crippen LogP contribution < -0.4 is 27.8 Å². The molecular weight excluding hydrogens is 432 g/mol. The van der Waals surface area contributed by atoms with Crippen LogP contribution in [0.25, 0.3) is 0 Å². The number of aliphatic hydroxyl groups excluding tert-OH is 1. The molecule has 1 aliphatic heterocycles. The summed E-state index contributed by atoms with van der Waals surface area (Å²) < 4.78 is 0. The predicted molar refractivity (Wildman–Crippen MR) is 122 cm³/mol. The quantitative estimate of drug-likeness (QED) is 0.131. The fourth-order valence-corrected chi connectivity index (χ4v) is 3.79. The smallest absolute Gasteiger partial charge is 0.326 e. The summed E-state index contributed by atoms with van der Waals surface area (Å²) in [6.45, 7) is 2.53. The van der Waals surface area contributed by atoms with Crippen molar-refractivity contribution in [3.05, 3.63) is 0 Å². The van der Waals surface area contributed by atoms with Crippen LogP contribution in [0.5, 0.6) is 0 Å². The van der Waals surface area contributed by atoms with Crippen LogP contribution in [0.2, 0.25) is 0 Å². The van der Waals surface area contributed by atoms with E-state index in [1.807, 2.05) is 0 Å². The first-order chi connectivity index (χ1) is 15.6. The monoisotopic (exact) mass is 472 g/mol. The molecule has 10 N–H and O–H groups in total. The largest absolute Gasteiger partial charge is 0.480 e. The van der Waals surface area contributed by atoms with Crippen LogP contribution in [0.1, 0.15) is 58.3 Å². The van der Waals surface area contributed by atoms with Gasteiger partial charge in [0.25, 0.3) is 0 Å². The van der Waals surface area contributed by atoms with E-state index in [0.717, 1.165) is 0 Å². The van der Waals surface area contributed by atoms with Gasteiger partial charge in [0.2, 0.25) is 17.7 Å². The lowest BCUT2D eigenvalue weighted by molar-refractivity contribution is -0.146. The van der Waals surface area contributed by atoms with E-state index in [4.69, 9.17) is 17.2 Å². The molecule has 1 heterocycles. The van der Waals surface area contributed by atoms with Crippen molar-refractivity contribution in [2.75, 3.05) is 19.6 Å². The molecule has 3 amide bonds. The van der Waals surface area contributed by atoms with Gasteiger partial charge in [0.05, 0.1) is 12.1 Å². The van der Waals surface area contributed by atoms with Gasteiger partial charge in [0.1, 0.15) is 18.1 Å². The summed E-state index contributed by atoms with van der Waals surface area (Å²) >= 11 is 0. The van der Waals surface area contributed by atoms with E-state index >= 15 is 0 Å². The summed E-state index contributed by atoms with van der Waals surface area (Å²) in [4.78, 5) is 51.2. The first-order valence-electron chi connectivity index (χ1n) is 11.6. The zero-order chi connectivity index (χ0) is 25.0. The van der Waals surface area contributed by atoms with Crippen molar-refractivity contribution in [2.24, 2.45) is 17.2 Å². The van der Waals surface area contributed by atoms with E-state index in [2.05, 4.69) is 10.6 Å². The molecule has 1 fully saturated rings. The Labute approximate surface area is 194 Å². The molecule has 0 unspecified atom stereocenters. The van der Waals surface area contributed by atoms with Gasteiger partial charge in [-0.15, -0.1) is 0 Å². The molecule has 12 heteroatoms. The van der Waals surface area contributed by atoms with E-state index in [1.165, 1.54) is 11.8 Å². The maximum Gasteiger partial charge on any atom is 0.326 e. The first kappa shape index (κ1) is 28.8. The molecule has 0 bridgehead atoms. The molecule has 1 rings (SSSR count). The number of aliphatic hydroxyl groups is 1. The molecule has 1 aliphatic rings. The number of hydrogen-bond acceptors (Lipinski definition) is 8. The number of carbonyl (C=O) groups excluding carboxylic acids is 3. The van der Waals surface area contributed by atoms with Gasteiger partial charge in [-0.05, 0) is 65.0 Å². The number of aliphatic carboxylic acids is 1. The highest BCUT2D eigenvalue weighted by Gasteiger charge is 2.40. The van der Waals surface area contributed by atoms with Crippen LogP contribution in [0.3, 0.4) is 0 Å². The lowest BCUT2D eigenvalue weighted by Gasteiger charge is -2.31. The van der Waals surface area contributed by atoms with Gasteiger partial charge in [-0.1, -0.05) is 6.42 Å². The number of carboxylic acids is 1. The van der Waals surface area contributed by atoms with Gasteiger partial charge in [0.15, 0.2) is 0 Å². The molecular formula is C21H40N6O6. The zero-order valence-corrected chi connectivity index (χ0v) is 19.4. The molecule has 190 valence electrons. The van der Waals surface area contributed by atoms with E-state index in [-0.39, 0.29) is 13.0 Å². The van der Waals surface area contributed by atoms with E-state index in [1.54, 1.807) is 0 Å². The molecule has 0 radical (unpaired) electrons. The van der Waals surface area contributed by atoms with Crippen molar-refractivity contribution in [2.45, 2.75) is 88.6 Å². The lowest BCUT2D eigenvalue weighted by atomic mass is 10.1. The molecule has 0 spiro atoms. The molecule has 0 saturated carbocycles. The number of likely N-dealkylation sites (tertiary alicyclic amines) is 1. The summed E-state index contributed by atoms with van der Waals surface area (Å²) in [5.41, 5.74) is 16.8.